The Morgan fingerprint density at radius 1 is 0.456 bits per heavy atom. The Hall–Kier alpha value is -6.22. The molecule has 0 saturated carbocycles. The molecule has 0 atom stereocenters. The summed E-state index contributed by atoms with van der Waals surface area (Å²) >= 11 is 1.91. The first-order valence-electron chi connectivity index (χ1n) is 20.3. The second-order valence-corrected chi connectivity index (χ2v) is 16.9. The molecule has 0 N–H and O–H groups in total. The van der Waals surface area contributed by atoms with Crippen LogP contribution in [0.4, 0.5) is 17.1 Å². The molecular formula is C55H45NS. The zero-order chi connectivity index (χ0) is 38.7. The third-order valence-corrected chi connectivity index (χ3v) is 13.5. The summed E-state index contributed by atoms with van der Waals surface area (Å²) in [6.07, 6.45) is 1.93. The Morgan fingerprint density at radius 3 is 1.84 bits per heavy atom. The third-order valence-electron chi connectivity index (χ3n) is 12.2. The summed E-state index contributed by atoms with van der Waals surface area (Å²) in [5.41, 5.74) is 19.1. The van der Waals surface area contributed by atoms with E-state index < -0.39 is 0 Å². The zero-order valence-corrected chi connectivity index (χ0v) is 33.8. The van der Waals surface area contributed by atoms with E-state index in [1.165, 1.54) is 104 Å². The van der Waals surface area contributed by atoms with Crippen LogP contribution < -0.4 is 4.90 Å². The molecule has 0 spiro atoms. The van der Waals surface area contributed by atoms with Gasteiger partial charge < -0.3 is 4.90 Å². The highest BCUT2D eigenvalue weighted by Crippen LogP contribution is 2.56. The lowest BCUT2D eigenvalue weighted by Crippen LogP contribution is -2.16. The van der Waals surface area contributed by atoms with Gasteiger partial charge in [-0.15, -0.1) is 11.3 Å². The van der Waals surface area contributed by atoms with Crippen molar-refractivity contribution in [2.45, 2.75) is 46.0 Å². The minimum absolute atomic E-state index is 0.122. The minimum Gasteiger partial charge on any atom is -0.308 e. The van der Waals surface area contributed by atoms with Crippen LogP contribution in [0.15, 0.2) is 176 Å². The quantitative estimate of drug-likeness (QED) is 0.149. The Balaban J connectivity index is 1.30. The molecule has 276 valence electrons. The lowest BCUT2D eigenvalue weighted by atomic mass is 9.82. The van der Waals surface area contributed by atoms with Gasteiger partial charge in [0, 0.05) is 32.1 Å². The summed E-state index contributed by atoms with van der Waals surface area (Å²) in [6, 6.07) is 65.7. The Kier molecular flexibility index (Phi) is 8.69. The second kappa shape index (κ2) is 14.1. The van der Waals surface area contributed by atoms with Crippen LogP contribution in [0.3, 0.4) is 0 Å². The normalized spacial score (nSPS) is 12.8. The van der Waals surface area contributed by atoms with Crippen molar-refractivity contribution in [3.8, 4) is 44.5 Å². The maximum atomic E-state index is 2.59. The fourth-order valence-corrected chi connectivity index (χ4v) is 10.5. The topological polar surface area (TPSA) is 3.24 Å². The van der Waals surface area contributed by atoms with E-state index in [1.807, 2.05) is 11.3 Å². The highest BCUT2D eigenvalue weighted by Gasteiger charge is 2.38. The fourth-order valence-electron chi connectivity index (χ4n) is 9.33. The number of hydrogen-bond acceptors (Lipinski definition) is 2. The van der Waals surface area contributed by atoms with Crippen molar-refractivity contribution < 1.29 is 0 Å². The van der Waals surface area contributed by atoms with Crippen molar-refractivity contribution in [1.29, 1.82) is 0 Å². The highest BCUT2D eigenvalue weighted by molar-refractivity contribution is 7.26. The molecule has 1 aliphatic carbocycles. The summed E-state index contributed by atoms with van der Waals surface area (Å²) in [4.78, 5) is 2.59. The summed E-state index contributed by atoms with van der Waals surface area (Å²) in [7, 11) is 0. The van der Waals surface area contributed by atoms with Crippen LogP contribution in [-0.4, -0.2) is 0 Å². The standard InChI is InChI=1S/C55H45NS/c1-5-36-18-13-14-23-43(36)44-30-29-42(32-37(44)6-2)56(50-27-17-26-49-53(50)45-24-15-16-25-48(45)55(49,3)4)51-35-41(39-21-11-8-12-22-39)34-47-46-33-40(38-19-9-7-10-20-38)28-31-52(46)57-54(47)51/h7-35H,5-6H2,1-4H3. The van der Waals surface area contributed by atoms with Gasteiger partial charge in [0.2, 0.25) is 0 Å². The molecule has 0 amide bonds. The minimum atomic E-state index is -0.122. The lowest BCUT2D eigenvalue weighted by Gasteiger charge is -2.30. The average Bonchev–Trinajstić information content (AvgIpc) is 3.76. The van der Waals surface area contributed by atoms with Crippen LogP contribution in [0.1, 0.15) is 49.9 Å². The van der Waals surface area contributed by atoms with E-state index in [1.54, 1.807) is 0 Å². The molecule has 1 aromatic heterocycles. The summed E-state index contributed by atoms with van der Waals surface area (Å²) < 4.78 is 2.58. The summed E-state index contributed by atoms with van der Waals surface area (Å²) in [6.45, 7) is 9.32. The molecule has 0 saturated heterocycles. The molecule has 1 aliphatic rings. The lowest BCUT2D eigenvalue weighted by molar-refractivity contribution is 0.660. The number of nitrogens with zero attached hydrogens (tertiary/aromatic N) is 1. The van der Waals surface area contributed by atoms with E-state index in [0.717, 1.165) is 12.8 Å². The molecule has 0 bridgehead atoms. The maximum Gasteiger partial charge on any atom is 0.0646 e. The molecule has 0 unspecified atom stereocenters. The van der Waals surface area contributed by atoms with Gasteiger partial charge in [0.1, 0.15) is 0 Å². The van der Waals surface area contributed by atoms with Crippen LogP contribution in [0.25, 0.3) is 64.7 Å². The molecule has 0 fully saturated rings. The number of hydrogen-bond donors (Lipinski definition) is 0. The predicted molar refractivity (Wildman–Crippen MR) is 247 cm³/mol. The maximum absolute atomic E-state index is 2.59. The van der Waals surface area contributed by atoms with E-state index in [-0.39, 0.29) is 5.41 Å². The van der Waals surface area contributed by atoms with Crippen LogP contribution in [-0.2, 0) is 18.3 Å². The molecule has 0 aliphatic heterocycles. The van der Waals surface area contributed by atoms with Crippen molar-refractivity contribution in [3.05, 3.63) is 198 Å². The first-order valence-corrected chi connectivity index (χ1v) is 21.1. The number of thiophene rings is 1. The third kappa shape index (κ3) is 5.82. The van der Waals surface area contributed by atoms with E-state index >= 15 is 0 Å². The van der Waals surface area contributed by atoms with Crippen LogP contribution in [0.5, 0.6) is 0 Å². The van der Waals surface area contributed by atoms with E-state index in [2.05, 4.69) is 209 Å². The van der Waals surface area contributed by atoms with Crippen LogP contribution in [0, 0.1) is 0 Å². The van der Waals surface area contributed by atoms with Gasteiger partial charge in [-0.25, -0.2) is 0 Å². The van der Waals surface area contributed by atoms with Crippen molar-refractivity contribution in [2.75, 3.05) is 4.90 Å². The molecule has 57 heavy (non-hydrogen) atoms. The predicted octanol–water partition coefficient (Wildman–Crippen LogP) is 16.0. The average molecular weight is 752 g/mol. The van der Waals surface area contributed by atoms with Gasteiger partial charge in [-0.05, 0) is 117 Å². The first-order chi connectivity index (χ1) is 27.9. The Bertz CT molecular complexity index is 2950. The number of benzene rings is 8. The molecule has 8 aromatic carbocycles. The van der Waals surface area contributed by atoms with E-state index in [9.17, 15) is 0 Å². The largest absolute Gasteiger partial charge is 0.308 e. The first kappa shape index (κ1) is 35.2. The van der Waals surface area contributed by atoms with Gasteiger partial charge in [0.15, 0.2) is 0 Å². The summed E-state index contributed by atoms with van der Waals surface area (Å²) in [5, 5.41) is 2.58. The molecule has 2 heteroatoms. The SMILES string of the molecule is CCc1ccccc1-c1ccc(N(c2cccc3c2-c2ccccc2C3(C)C)c2cc(-c3ccccc3)cc3c2sc2ccc(-c4ccccc4)cc23)cc1CC. The van der Waals surface area contributed by atoms with Crippen molar-refractivity contribution in [1.82, 2.24) is 0 Å². The molecule has 9 aromatic rings. The molecular weight excluding hydrogens is 707 g/mol. The van der Waals surface area contributed by atoms with Gasteiger partial charge in [0.25, 0.3) is 0 Å². The van der Waals surface area contributed by atoms with Gasteiger partial charge in [-0.2, -0.15) is 0 Å². The number of rotatable bonds is 8. The Morgan fingerprint density at radius 2 is 1.09 bits per heavy atom. The van der Waals surface area contributed by atoms with E-state index in [0.29, 0.717) is 0 Å². The van der Waals surface area contributed by atoms with E-state index in [4.69, 9.17) is 0 Å². The zero-order valence-electron chi connectivity index (χ0n) is 33.0. The molecule has 1 heterocycles. The Labute approximate surface area is 340 Å². The highest BCUT2D eigenvalue weighted by atomic mass is 32.1. The monoisotopic (exact) mass is 751 g/mol. The molecule has 1 nitrogen and oxygen atoms in total. The molecule has 10 rings (SSSR count). The number of anilines is 3. The second-order valence-electron chi connectivity index (χ2n) is 15.8. The van der Waals surface area contributed by atoms with Crippen LogP contribution >= 0.6 is 11.3 Å². The van der Waals surface area contributed by atoms with Crippen LogP contribution in [0.2, 0.25) is 0 Å². The van der Waals surface area contributed by atoms with Gasteiger partial charge in [-0.3, -0.25) is 0 Å². The van der Waals surface area contributed by atoms with Crippen molar-refractivity contribution >= 4 is 48.6 Å². The van der Waals surface area contributed by atoms with Gasteiger partial charge in [-0.1, -0.05) is 161 Å². The summed E-state index contributed by atoms with van der Waals surface area (Å²) in [5.74, 6) is 0. The van der Waals surface area contributed by atoms with Gasteiger partial charge in [0.05, 0.1) is 16.1 Å². The number of aryl methyl sites for hydroxylation is 2. The van der Waals surface area contributed by atoms with Gasteiger partial charge >= 0.3 is 0 Å². The number of fused-ring (bicyclic) bond motifs is 6. The molecule has 0 radical (unpaired) electrons. The van der Waals surface area contributed by atoms with Crippen molar-refractivity contribution in [2.24, 2.45) is 0 Å². The fraction of sp³-hybridized carbons (Fsp3) is 0.127. The van der Waals surface area contributed by atoms with Crippen molar-refractivity contribution in [3.63, 3.8) is 0 Å². The smallest absolute Gasteiger partial charge is 0.0646 e.